The number of aromatic nitrogens is 2. The van der Waals surface area contributed by atoms with Crippen LogP contribution in [0.5, 0.6) is 0 Å². The summed E-state index contributed by atoms with van der Waals surface area (Å²) in [6.07, 6.45) is 4.74. The van der Waals surface area contributed by atoms with Crippen LogP contribution in [0.4, 0.5) is 0 Å². The first-order chi connectivity index (χ1) is 9.26. The molecule has 0 aliphatic carbocycles. The van der Waals surface area contributed by atoms with Crippen LogP contribution in [0.25, 0.3) is 5.65 Å². The molecule has 0 aromatic carbocycles. The predicted molar refractivity (Wildman–Crippen MR) is 77.3 cm³/mol. The second-order valence-electron chi connectivity index (χ2n) is 5.49. The fourth-order valence-electron chi connectivity index (χ4n) is 2.94. The molecule has 1 fully saturated rings. The highest BCUT2D eigenvalue weighted by Gasteiger charge is 2.19. The third-order valence-corrected chi connectivity index (χ3v) is 4.05. The first-order valence-electron chi connectivity index (χ1n) is 7.09. The van der Waals surface area contributed by atoms with Crippen LogP contribution < -0.4 is 5.32 Å². The van der Waals surface area contributed by atoms with Gasteiger partial charge in [-0.05, 0) is 45.5 Å². The number of nitrogens with one attached hydrogen (secondary N) is 1. The van der Waals surface area contributed by atoms with Crippen LogP contribution >= 0.6 is 0 Å². The Labute approximate surface area is 114 Å². The van der Waals surface area contributed by atoms with Gasteiger partial charge in [-0.1, -0.05) is 6.07 Å². The van der Waals surface area contributed by atoms with Crippen molar-refractivity contribution in [1.82, 2.24) is 19.6 Å². The Bertz CT molecular complexity index is 560. The minimum atomic E-state index is 0.632. The molecular weight excluding hydrogens is 236 g/mol. The van der Waals surface area contributed by atoms with Crippen molar-refractivity contribution in [1.29, 1.82) is 0 Å². The topological polar surface area (TPSA) is 32.6 Å². The van der Waals surface area contributed by atoms with E-state index in [0.29, 0.717) is 6.04 Å². The van der Waals surface area contributed by atoms with Crippen LogP contribution in [-0.2, 0) is 6.54 Å². The SMILES string of the molecule is CNC1CCCN(Cc2cn3c(C)cccc3n2)C1. The third kappa shape index (κ3) is 2.65. The Morgan fingerprint density at radius 3 is 3.11 bits per heavy atom. The van der Waals surface area contributed by atoms with Gasteiger partial charge in [-0.15, -0.1) is 0 Å². The molecule has 4 heteroatoms. The third-order valence-electron chi connectivity index (χ3n) is 4.05. The summed E-state index contributed by atoms with van der Waals surface area (Å²) < 4.78 is 2.18. The number of imidazole rings is 1. The molecule has 1 unspecified atom stereocenters. The van der Waals surface area contributed by atoms with Gasteiger partial charge < -0.3 is 9.72 Å². The van der Waals surface area contributed by atoms with Gasteiger partial charge in [-0.2, -0.15) is 0 Å². The van der Waals surface area contributed by atoms with Gasteiger partial charge in [0.2, 0.25) is 0 Å². The zero-order valence-electron chi connectivity index (χ0n) is 11.8. The van der Waals surface area contributed by atoms with Crippen molar-refractivity contribution in [3.8, 4) is 0 Å². The highest BCUT2D eigenvalue weighted by atomic mass is 15.2. The summed E-state index contributed by atoms with van der Waals surface area (Å²) in [7, 11) is 2.06. The number of hydrogen-bond acceptors (Lipinski definition) is 3. The molecule has 1 N–H and O–H groups in total. The smallest absolute Gasteiger partial charge is 0.137 e. The van der Waals surface area contributed by atoms with Gasteiger partial charge in [0.25, 0.3) is 0 Å². The van der Waals surface area contributed by atoms with Crippen LogP contribution in [0.2, 0.25) is 0 Å². The van der Waals surface area contributed by atoms with E-state index in [0.717, 1.165) is 18.7 Å². The van der Waals surface area contributed by atoms with Crippen molar-refractivity contribution in [3.63, 3.8) is 0 Å². The van der Waals surface area contributed by atoms with Crippen molar-refractivity contribution in [3.05, 3.63) is 35.8 Å². The summed E-state index contributed by atoms with van der Waals surface area (Å²) in [4.78, 5) is 7.22. The van der Waals surface area contributed by atoms with Gasteiger partial charge in [0.05, 0.1) is 5.69 Å². The van der Waals surface area contributed by atoms with E-state index in [4.69, 9.17) is 4.98 Å². The van der Waals surface area contributed by atoms with Crippen LogP contribution in [0, 0.1) is 6.92 Å². The van der Waals surface area contributed by atoms with E-state index in [1.54, 1.807) is 0 Å². The minimum Gasteiger partial charge on any atom is -0.316 e. The number of pyridine rings is 1. The predicted octanol–water partition coefficient (Wildman–Crippen LogP) is 1.83. The molecule has 0 bridgehead atoms. The quantitative estimate of drug-likeness (QED) is 0.911. The minimum absolute atomic E-state index is 0.632. The van der Waals surface area contributed by atoms with E-state index in [1.807, 2.05) is 0 Å². The summed E-state index contributed by atoms with van der Waals surface area (Å²) >= 11 is 0. The first-order valence-corrected chi connectivity index (χ1v) is 7.09. The fourth-order valence-corrected chi connectivity index (χ4v) is 2.94. The van der Waals surface area contributed by atoms with Crippen LogP contribution in [-0.4, -0.2) is 40.5 Å². The number of likely N-dealkylation sites (N-methyl/N-ethyl adjacent to an activating group) is 1. The lowest BCUT2D eigenvalue weighted by atomic mass is 10.1. The van der Waals surface area contributed by atoms with Crippen LogP contribution in [0.1, 0.15) is 24.2 Å². The largest absolute Gasteiger partial charge is 0.316 e. The highest BCUT2D eigenvalue weighted by Crippen LogP contribution is 2.14. The maximum atomic E-state index is 4.72. The number of likely N-dealkylation sites (tertiary alicyclic amines) is 1. The highest BCUT2D eigenvalue weighted by molar-refractivity contribution is 5.41. The van der Waals surface area contributed by atoms with E-state index in [-0.39, 0.29) is 0 Å². The number of hydrogen-bond donors (Lipinski definition) is 1. The molecule has 2 aromatic rings. The summed E-state index contributed by atoms with van der Waals surface area (Å²) in [5.41, 5.74) is 3.46. The zero-order valence-corrected chi connectivity index (χ0v) is 11.8. The van der Waals surface area contributed by atoms with E-state index in [2.05, 4.69) is 53.0 Å². The first kappa shape index (κ1) is 12.6. The van der Waals surface area contributed by atoms with E-state index in [9.17, 15) is 0 Å². The van der Waals surface area contributed by atoms with E-state index in [1.165, 1.54) is 30.8 Å². The molecule has 1 atom stereocenters. The standard InChI is InChI=1S/C15H22N4/c1-12-5-3-7-15-17-14(11-19(12)15)10-18-8-4-6-13(9-18)16-2/h3,5,7,11,13,16H,4,6,8-10H2,1-2H3. The fraction of sp³-hybridized carbons (Fsp3) is 0.533. The molecule has 0 amide bonds. The van der Waals surface area contributed by atoms with Crippen molar-refractivity contribution < 1.29 is 0 Å². The average molecular weight is 258 g/mol. The molecule has 19 heavy (non-hydrogen) atoms. The van der Waals surface area contributed by atoms with Gasteiger partial charge in [0.1, 0.15) is 5.65 Å². The summed E-state index contributed by atoms with van der Waals surface area (Å²) in [5, 5.41) is 3.39. The Morgan fingerprint density at radius 2 is 2.32 bits per heavy atom. The second kappa shape index (κ2) is 5.31. The second-order valence-corrected chi connectivity index (χ2v) is 5.49. The normalized spacial score (nSPS) is 21.1. The maximum Gasteiger partial charge on any atom is 0.137 e. The van der Waals surface area contributed by atoms with Gasteiger partial charge in [-0.25, -0.2) is 4.98 Å². The molecule has 3 heterocycles. The van der Waals surface area contributed by atoms with Gasteiger partial charge in [0, 0.05) is 31.0 Å². The molecule has 0 radical (unpaired) electrons. The zero-order chi connectivity index (χ0) is 13.2. The summed E-state index contributed by atoms with van der Waals surface area (Å²) in [6, 6.07) is 6.89. The van der Waals surface area contributed by atoms with Crippen molar-refractivity contribution in [2.75, 3.05) is 20.1 Å². The monoisotopic (exact) mass is 258 g/mol. The van der Waals surface area contributed by atoms with E-state index >= 15 is 0 Å². The van der Waals surface area contributed by atoms with Crippen molar-refractivity contribution in [2.45, 2.75) is 32.4 Å². The lowest BCUT2D eigenvalue weighted by molar-refractivity contribution is 0.186. The number of rotatable bonds is 3. The Balaban J connectivity index is 1.76. The van der Waals surface area contributed by atoms with Crippen molar-refractivity contribution in [2.24, 2.45) is 0 Å². The molecule has 4 nitrogen and oxygen atoms in total. The molecule has 102 valence electrons. The summed E-state index contributed by atoms with van der Waals surface area (Å²) in [6.45, 7) is 5.39. The molecule has 0 spiro atoms. The van der Waals surface area contributed by atoms with E-state index < -0.39 is 0 Å². The molecule has 3 rings (SSSR count). The average Bonchev–Trinajstić information content (AvgIpc) is 2.83. The van der Waals surface area contributed by atoms with Crippen LogP contribution in [0.3, 0.4) is 0 Å². The molecule has 2 aromatic heterocycles. The number of piperidine rings is 1. The van der Waals surface area contributed by atoms with Gasteiger partial charge in [0.15, 0.2) is 0 Å². The van der Waals surface area contributed by atoms with Crippen molar-refractivity contribution >= 4 is 5.65 Å². The lowest BCUT2D eigenvalue weighted by Gasteiger charge is -2.31. The number of nitrogens with zero attached hydrogens (tertiary/aromatic N) is 3. The molecule has 1 aliphatic rings. The number of aryl methyl sites for hydroxylation is 1. The molecular formula is C15H22N4. The molecule has 1 saturated heterocycles. The summed E-state index contributed by atoms with van der Waals surface area (Å²) in [5.74, 6) is 0. The lowest BCUT2D eigenvalue weighted by Crippen LogP contribution is -2.43. The van der Waals surface area contributed by atoms with Gasteiger partial charge >= 0.3 is 0 Å². The van der Waals surface area contributed by atoms with Gasteiger partial charge in [-0.3, -0.25) is 4.90 Å². The Morgan fingerprint density at radius 1 is 1.42 bits per heavy atom. The Kier molecular flexibility index (Phi) is 3.53. The van der Waals surface area contributed by atoms with Crippen LogP contribution in [0.15, 0.2) is 24.4 Å². The molecule has 0 saturated carbocycles. The maximum absolute atomic E-state index is 4.72. The Hall–Kier alpha value is -1.39. The molecule has 1 aliphatic heterocycles. The number of fused-ring (bicyclic) bond motifs is 1.